The third kappa shape index (κ3) is 3.06. The summed E-state index contributed by atoms with van der Waals surface area (Å²) >= 11 is 0. The molecule has 4 heteroatoms. The average molecular weight is 185 g/mol. The Labute approximate surface area is 77.9 Å². The summed E-state index contributed by atoms with van der Waals surface area (Å²) < 4.78 is 9.54. The van der Waals surface area contributed by atoms with E-state index in [1.165, 1.54) is 13.2 Å². The summed E-state index contributed by atoms with van der Waals surface area (Å²) in [6.07, 6.45) is 5.39. The van der Waals surface area contributed by atoms with Crippen LogP contribution in [0, 0.1) is 0 Å². The highest BCUT2D eigenvalue weighted by atomic mass is 16.5. The van der Waals surface area contributed by atoms with Crippen molar-refractivity contribution in [3.63, 3.8) is 0 Å². The van der Waals surface area contributed by atoms with Crippen LogP contribution in [0.5, 0.6) is 0 Å². The van der Waals surface area contributed by atoms with Crippen molar-refractivity contribution >= 4 is 5.97 Å². The molecule has 1 aliphatic carbocycles. The van der Waals surface area contributed by atoms with E-state index >= 15 is 0 Å². The van der Waals surface area contributed by atoms with E-state index in [4.69, 9.17) is 4.74 Å². The minimum Gasteiger partial charge on any atom is -0.466 e. The molecule has 13 heavy (non-hydrogen) atoms. The Morgan fingerprint density at radius 2 is 2.15 bits per heavy atom. The summed E-state index contributed by atoms with van der Waals surface area (Å²) in [5.74, 6) is -0.338. The molecule has 1 fully saturated rings. The van der Waals surface area contributed by atoms with E-state index in [2.05, 4.69) is 10.1 Å². The zero-order valence-electron chi connectivity index (χ0n) is 7.95. The molecule has 1 rings (SSSR count). The lowest BCUT2D eigenvalue weighted by Crippen LogP contribution is -2.42. The molecule has 0 radical (unpaired) electrons. The Bertz CT molecular complexity index is 197. The molecule has 4 nitrogen and oxygen atoms in total. The van der Waals surface area contributed by atoms with E-state index in [1.807, 2.05) is 0 Å². The second-order valence-corrected chi connectivity index (χ2v) is 3.05. The van der Waals surface area contributed by atoms with Gasteiger partial charge in [-0.3, -0.25) is 0 Å². The topological polar surface area (TPSA) is 47.6 Å². The summed E-state index contributed by atoms with van der Waals surface area (Å²) in [6.45, 7) is 0. The van der Waals surface area contributed by atoms with Crippen LogP contribution in [0.1, 0.15) is 12.8 Å². The van der Waals surface area contributed by atoms with Gasteiger partial charge in [0.25, 0.3) is 0 Å². The molecule has 0 unspecified atom stereocenters. The van der Waals surface area contributed by atoms with Crippen LogP contribution in [0.4, 0.5) is 0 Å². The molecule has 0 aromatic carbocycles. The fourth-order valence-corrected chi connectivity index (χ4v) is 1.21. The van der Waals surface area contributed by atoms with Crippen molar-refractivity contribution in [2.24, 2.45) is 0 Å². The molecular weight excluding hydrogens is 170 g/mol. The molecule has 1 aliphatic rings. The molecule has 0 aromatic heterocycles. The summed E-state index contributed by atoms with van der Waals surface area (Å²) in [5, 5.41) is 3.09. The second-order valence-electron chi connectivity index (χ2n) is 3.05. The number of carbonyl (C=O) groups excluding carboxylic acids is 1. The molecule has 0 heterocycles. The number of nitrogens with one attached hydrogen (secondary N) is 1. The highest BCUT2D eigenvalue weighted by Gasteiger charge is 2.27. The van der Waals surface area contributed by atoms with Gasteiger partial charge in [0.2, 0.25) is 0 Å². The Hall–Kier alpha value is -1.03. The normalized spacial score (nSPS) is 26.9. The smallest absolute Gasteiger partial charge is 0.331 e. The molecule has 0 aromatic rings. The molecule has 74 valence electrons. The van der Waals surface area contributed by atoms with Gasteiger partial charge in [-0.25, -0.2) is 4.79 Å². The van der Waals surface area contributed by atoms with Gasteiger partial charge in [0.15, 0.2) is 0 Å². The van der Waals surface area contributed by atoms with Crippen LogP contribution in [0.15, 0.2) is 12.3 Å². The number of methoxy groups -OCH3 is 2. The van der Waals surface area contributed by atoms with Crippen molar-refractivity contribution in [3.8, 4) is 0 Å². The van der Waals surface area contributed by atoms with E-state index in [9.17, 15) is 4.79 Å². The van der Waals surface area contributed by atoms with Crippen LogP contribution >= 0.6 is 0 Å². The van der Waals surface area contributed by atoms with Gasteiger partial charge in [0, 0.05) is 25.4 Å². The van der Waals surface area contributed by atoms with Gasteiger partial charge in [0.05, 0.1) is 13.2 Å². The second kappa shape index (κ2) is 4.87. The van der Waals surface area contributed by atoms with Gasteiger partial charge >= 0.3 is 5.97 Å². The number of hydrogen-bond acceptors (Lipinski definition) is 4. The van der Waals surface area contributed by atoms with Gasteiger partial charge in [-0.15, -0.1) is 0 Å². The molecule has 0 bridgehead atoms. The van der Waals surface area contributed by atoms with Crippen molar-refractivity contribution in [1.82, 2.24) is 5.32 Å². The largest absolute Gasteiger partial charge is 0.466 e. The highest BCUT2D eigenvalue weighted by Crippen LogP contribution is 2.22. The molecular formula is C9H15NO3. The number of rotatable bonds is 4. The SMILES string of the molecule is COC(=O)/C=C/NC1CC(OC)C1. The first-order valence-electron chi connectivity index (χ1n) is 4.29. The first-order valence-corrected chi connectivity index (χ1v) is 4.29. The number of hydrogen-bond donors (Lipinski definition) is 1. The highest BCUT2D eigenvalue weighted by molar-refractivity contribution is 5.81. The number of carbonyl (C=O) groups is 1. The average Bonchev–Trinajstić information content (AvgIpc) is 2.08. The predicted molar refractivity (Wildman–Crippen MR) is 48.1 cm³/mol. The summed E-state index contributed by atoms with van der Waals surface area (Å²) in [5.41, 5.74) is 0. The Morgan fingerprint density at radius 1 is 1.46 bits per heavy atom. The van der Waals surface area contributed by atoms with E-state index < -0.39 is 0 Å². The third-order valence-corrected chi connectivity index (χ3v) is 2.18. The minimum absolute atomic E-state index is 0.338. The van der Waals surface area contributed by atoms with Crippen LogP contribution in [0.2, 0.25) is 0 Å². The zero-order chi connectivity index (χ0) is 9.68. The van der Waals surface area contributed by atoms with E-state index in [-0.39, 0.29) is 5.97 Å². The Morgan fingerprint density at radius 3 is 2.69 bits per heavy atom. The first-order chi connectivity index (χ1) is 6.26. The van der Waals surface area contributed by atoms with Gasteiger partial charge in [-0.05, 0) is 12.8 Å². The van der Waals surface area contributed by atoms with Crippen molar-refractivity contribution in [3.05, 3.63) is 12.3 Å². The van der Waals surface area contributed by atoms with Crippen LogP contribution in [0.25, 0.3) is 0 Å². The Balaban J connectivity index is 2.08. The van der Waals surface area contributed by atoms with Crippen molar-refractivity contribution in [2.45, 2.75) is 25.0 Å². The van der Waals surface area contributed by atoms with Gasteiger partial charge in [-0.1, -0.05) is 0 Å². The molecule has 1 N–H and O–H groups in total. The van der Waals surface area contributed by atoms with Crippen LogP contribution in [-0.4, -0.2) is 32.3 Å². The zero-order valence-corrected chi connectivity index (χ0v) is 7.95. The van der Waals surface area contributed by atoms with E-state index in [1.54, 1.807) is 13.3 Å². The van der Waals surface area contributed by atoms with Crippen molar-refractivity contribution in [1.29, 1.82) is 0 Å². The quantitative estimate of drug-likeness (QED) is 0.510. The first kappa shape index (κ1) is 10.1. The minimum atomic E-state index is -0.338. The maximum Gasteiger partial charge on any atom is 0.331 e. The van der Waals surface area contributed by atoms with Crippen LogP contribution < -0.4 is 5.32 Å². The maximum absolute atomic E-state index is 10.6. The number of ether oxygens (including phenoxy) is 2. The molecule has 0 atom stereocenters. The van der Waals surface area contributed by atoms with Crippen molar-refractivity contribution in [2.75, 3.05) is 14.2 Å². The summed E-state index contributed by atoms with van der Waals surface area (Å²) in [6, 6.07) is 0.436. The molecule has 0 saturated heterocycles. The lowest BCUT2D eigenvalue weighted by molar-refractivity contribution is -0.134. The molecule has 0 spiro atoms. The molecule has 0 amide bonds. The van der Waals surface area contributed by atoms with E-state index in [0.717, 1.165) is 12.8 Å². The maximum atomic E-state index is 10.6. The fraction of sp³-hybridized carbons (Fsp3) is 0.667. The van der Waals surface area contributed by atoms with Crippen molar-refractivity contribution < 1.29 is 14.3 Å². The Kier molecular flexibility index (Phi) is 3.76. The molecule has 1 saturated carbocycles. The van der Waals surface area contributed by atoms with Gasteiger partial charge < -0.3 is 14.8 Å². The van der Waals surface area contributed by atoms with Gasteiger partial charge in [0.1, 0.15) is 0 Å². The summed E-state index contributed by atoms with van der Waals surface area (Å²) in [4.78, 5) is 10.6. The predicted octanol–water partition coefficient (Wildman–Crippen LogP) is 0.440. The monoisotopic (exact) mass is 185 g/mol. The lowest BCUT2D eigenvalue weighted by atomic mass is 9.89. The molecule has 0 aliphatic heterocycles. The van der Waals surface area contributed by atoms with Crippen LogP contribution in [0.3, 0.4) is 0 Å². The number of esters is 1. The van der Waals surface area contributed by atoms with Crippen LogP contribution in [-0.2, 0) is 14.3 Å². The third-order valence-electron chi connectivity index (χ3n) is 2.18. The summed E-state index contributed by atoms with van der Waals surface area (Å²) in [7, 11) is 3.07. The fourth-order valence-electron chi connectivity index (χ4n) is 1.21. The lowest BCUT2D eigenvalue weighted by Gasteiger charge is -2.34. The van der Waals surface area contributed by atoms with E-state index in [0.29, 0.717) is 12.1 Å². The standard InChI is InChI=1S/C9H15NO3/c1-12-8-5-7(6-8)10-4-3-9(11)13-2/h3-4,7-8,10H,5-6H2,1-2H3/b4-3+. The van der Waals surface area contributed by atoms with Gasteiger partial charge in [-0.2, -0.15) is 0 Å².